The molecule has 2 heterocycles. The smallest absolute Gasteiger partial charge is 0.263 e. The second kappa shape index (κ2) is 8.10. The Morgan fingerprint density at radius 1 is 1.33 bits per heavy atom. The summed E-state index contributed by atoms with van der Waals surface area (Å²) in [5, 5.41) is 6.41. The summed E-state index contributed by atoms with van der Waals surface area (Å²) < 4.78 is 0. The molecule has 1 fully saturated rings. The monoisotopic (exact) mass is 349 g/mol. The minimum absolute atomic E-state index is 0.0584. The number of unbranched alkanes of at least 4 members (excludes halogenated alkanes) is 1. The molecular formula is C18H27N3O2S. The maximum absolute atomic E-state index is 12.5. The van der Waals surface area contributed by atoms with Crippen LogP contribution in [0.25, 0.3) is 0 Å². The van der Waals surface area contributed by atoms with E-state index in [1.165, 1.54) is 30.6 Å². The van der Waals surface area contributed by atoms with Crippen LogP contribution in [0.4, 0.5) is 5.13 Å². The molecule has 1 aromatic rings. The lowest BCUT2D eigenvalue weighted by Gasteiger charge is -2.27. The summed E-state index contributed by atoms with van der Waals surface area (Å²) in [4.78, 5) is 29.6. The quantitative estimate of drug-likeness (QED) is 0.850. The zero-order valence-electron chi connectivity index (χ0n) is 14.4. The number of aryl methyl sites for hydroxylation is 1. The number of rotatable bonds is 5. The molecule has 1 aromatic heterocycles. The molecule has 2 amide bonds. The molecule has 0 bridgehead atoms. The first-order chi connectivity index (χ1) is 11.7. The van der Waals surface area contributed by atoms with Crippen LogP contribution >= 0.6 is 11.3 Å². The number of fused-ring (bicyclic) bond motifs is 1. The molecule has 132 valence electrons. The largest absolute Gasteiger partial charge is 0.351 e. The van der Waals surface area contributed by atoms with Crippen LogP contribution in [0.15, 0.2) is 0 Å². The van der Waals surface area contributed by atoms with Crippen molar-refractivity contribution in [2.24, 2.45) is 11.8 Å². The predicted molar refractivity (Wildman–Crippen MR) is 96.4 cm³/mol. The van der Waals surface area contributed by atoms with E-state index in [4.69, 9.17) is 0 Å². The van der Waals surface area contributed by atoms with E-state index < -0.39 is 0 Å². The van der Waals surface area contributed by atoms with E-state index in [1.807, 2.05) is 0 Å². The van der Waals surface area contributed by atoms with E-state index in [0.717, 1.165) is 50.1 Å². The van der Waals surface area contributed by atoms with Gasteiger partial charge in [-0.25, -0.2) is 4.98 Å². The van der Waals surface area contributed by atoms with Gasteiger partial charge in [-0.3, -0.25) is 9.59 Å². The first-order valence-corrected chi connectivity index (χ1v) is 10.1. The number of carbonyl (C=O) groups excluding carboxylic acids is 2. The molecule has 3 rings (SSSR count). The third-order valence-corrected chi connectivity index (χ3v) is 6.20. The molecule has 0 unspecified atom stereocenters. The number of thiazole rings is 1. The lowest BCUT2D eigenvalue weighted by Crippen LogP contribution is -2.27. The maximum Gasteiger partial charge on any atom is 0.263 e. The van der Waals surface area contributed by atoms with Gasteiger partial charge in [-0.1, -0.05) is 37.5 Å². The summed E-state index contributed by atoms with van der Waals surface area (Å²) in [6, 6.07) is 0. The Balaban J connectivity index is 1.54. The second-order valence-corrected chi connectivity index (χ2v) is 8.00. The summed E-state index contributed by atoms with van der Waals surface area (Å²) in [5.74, 6) is 0.916. The first kappa shape index (κ1) is 17.4. The molecule has 0 aromatic carbocycles. The summed E-state index contributed by atoms with van der Waals surface area (Å²) in [6.45, 7) is 2.93. The second-order valence-electron chi connectivity index (χ2n) is 7.00. The fraction of sp³-hybridized carbons (Fsp3) is 0.722. The number of hydrogen-bond acceptors (Lipinski definition) is 4. The third kappa shape index (κ3) is 4.15. The lowest BCUT2D eigenvalue weighted by molar-refractivity contribution is -0.121. The molecule has 5 nitrogen and oxygen atoms in total. The van der Waals surface area contributed by atoms with Gasteiger partial charge in [-0.2, -0.15) is 0 Å². The van der Waals surface area contributed by atoms with Crippen LogP contribution in [-0.4, -0.2) is 23.3 Å². The fourth-order valence-electron chi connectivity index (χ4n) is 3.70. The molecule has 1 saturated carbocycles. The van der Waals surface area contributed by atoms with Gasteiger partial charge in [-0.05, 0) is 44.4 Å². The maximum atomic E-state index is 12.5. The van der Waals surface area contributed by atoms with Crippen molar-refractivity contribution in [3.63, 3.8) is 0 Å². The molecule has 24 heavy (non-hydrogen) atoms. The van der Waals surface area contributed by atoms with Gasteiger partial charge in [0.1, 0.15) is 4.88 Å². The molecule has 2 N–H and O–H groups in total. The molecule has 0 radical (unpaired) electrons. The van der Waals surface area contributed by atoms with E-state index in [2.05, 4.69) is 22.5 Å². The summed E-state index contributed by atoms with van der Waals surface area (Å²) in [6.07, 6.45) is 9.83. The number of anilines is 1. The highest BCUT2D eigenvalue weighted by molar-refractivity contribution is 7.17. The molecule has 1 aliphatic carbocycles. The molecule has 0 spiro atoms. The number of amides is 2. The van der Waals surface area contributed by atoms with Crippen molar-refractivity contribution in [3.8, 4) is 0 Å². The summed E-state index contributed by atoms with van der Waals surface area (Å²) >= 11 is 1.31. The van der Waals surface area contributed by atoms with E-state index in [1.54, 1.807) is 0 Å². The normalized spacial score (nSPS) is 24.0. The highest BCUT2D eigenvalue weighted by atomic mass is 32.1. The van der Waals surface area contributed by atoms with E-state index in [9.17, 15) is 9.59 Å². The van der Waals surface area contributed by atoms with Crippen molar-refractivity contribution in [3.05, 3.63) is 10.6 Å². The van der Waals surface area contributed by atoms with Gasteiger partial charge in [-0.15, -0.1) is 0 Å². The lowest BCUT2D eigenvalue weighted by atomic mass is 9.79. The zero-order chi connectivity index (χ0) is 16.9. The van der Waals surface area contributed by atoms with E-state index >= 15 is 0 Å². The number of hydrogen-bond donors (Lipinski definition) is 2. The predicted octanol–water partition coefficient (Wildman–Crippen LogP) is 3.75. The summed E-state index contributed by atoms with van der Waals surface area (Å²) in [7, 11) is 0. The SMILES string of the molecule is CCCCC1CCC(C(=O)Nc2nc3c(s2)C(=O)NCCC3)CC1. The Bertz CT molecular complexity index is 591. The number of carbonyl (C=O) groups is 2. The van der Waals surface area contributed by atoms with Gasteiger partial charge in [0.05, 0.1) is 5.69 Å². The third-order valence-electron chi connectivity index (χ3n) is 5.19. The van der Waals surface area contributed by atoms with E-state index in [-0.39, 0.29) is 17.7 Å². The van der Waals surface area contributed by atoms with Crippen molar-refractivity contribution < 1.29 is 9.59 Å². The van der Waals surface area contributed by atoms with Gasteiger partial charge < -0.3 is 10.6 Å². The topological polar surface area (TPSA) is 71.1 Å². The molecule has 2 aliphatic rings. The van der Waals surface area contributed by atoms with Gasteiger partial charge >= 0.3 is 0 Å². The number of nitrogens with zero attached hydrogens (tertiary/aromatic N) is 1. The van der Waals surface area contributed by atoms with E-state index in [0.29, 0.717) is 16.6 Å². The standard InChI is InChI=1S/C18H27N3O2S/c1-2-3-5-12-7-9-13(10-8-12)16(22)21-18-20-14-6-4-11-19-17(23)15(14)24-18/h12-13H,2-11H2,1H3,(H,19,23)(H,20,21,22). The average Bonchev–Trinajstić information content (AvgIpc) is 2.92. The minimum atomic E-state index is -0.0584. The average molecular weight is 350 g/mol. The first-order valence-electron chi connectivity index (χ1n) is 9.26. The number of aromatic nitrogens is 1. The highest BCUT2D eigenvalue weighted by Gasteiger charge is 2.27. The van der Waals surface area contributed by atoms with Gasteiger partial charge in [0.15, 0.2) is 5.13 Å². The Morgan fingerprint density at radius 2 is 2.12 bits per heavy atom. The molecule has 0 atom stereocenters. The van der Waals surface area contributed by atoms with Crippen LogP contribution in [0.3, 0.4) is 0 Å². The van der Waals surface area contributed by atoms with Crippen molar-refractivity contribution in [1.82, 2.24) is 10.3 Å². The molecule has 1 aliphatic heterocycles. The van der Waals surface area contributed by atoms with Gasteiger partial charge in [0.25, 0.3) is 5.91 Å². The van der Waals surface area contributed by atoms with Crippen LogP contribution in [0.5, 0.6) is 0 Å². The van der Waals surface area contributed by atoms with Crippen LogP contribution in [0.1, 0.15) is 73.7 Å². The Hall–Kier alpha value is -1.43. The van der Waals surface area contributed by atoms with Crippen molar-refractivity contribution in [2.45, 2.75) is 64.7 Å². The van der Waals surface area contributed by atoms with Crippen LogP contribution in [-0.2, 0) is 11.2 Å². The highest BCUT2D eigenvalue weighted by Crippen LogP contribution is 2.33. The number of nitrogens with one attached hydrogen (secondary N) is 2. The van der Waals surface area contributed by atoms with Gasteiger partial charge in [0, 0.05) is 12.5 Å². The molecular weight excluding hydrogens is 322 g/mol. The van der Waals surface area contributed by atoms with Crippen LogP contribution in [0.2, 0.25) is 0 Å². The van der Waals surface area contributed by atoms with Crippen molar-refractivity contribution in [2.75, 3.05) is 11.9 Å². The van der Waals surface area contributed by atoms with Crippen molar-refractivity contribution >= 4 is 28.3 Å². The minimum Gasteiger partial charge on any atom is -0.351 e. The molecule has 6 heteroatoms. The fourth-order valence-corrected chi connectivity index (χ4v) is 4.63. The van der Waals surface area contributed by atoms with Crippen LogP contribution in [0, 0.1) is 11.8 Å². The van der Waals surface area contributed by atoms with Crippen LogP contribution < -0.4 is 10.6 Å². The zero-order valence-corrected chi connectivity index (χ0v) is 15.2. The van der Waals surface area contributed by atoms with Gasteiger partial charge in [0.2, 0.25) is 5.91 Å². The Labute approximate surface area is 147 Å². The summed E-state index contributed by atoms with van der Waals surface area (Å²) in [5.41, 5.74) is 0.827. The Morgan fingerprint density at radius 3 is 2.88 bits per heavy atom. The van der Waals surface area contributed by atoms with Crippen molar-refractivity contribution in [1.29, 1.82) is 0 Å². The Kier molecular flexibility index (Phi) is 5.87. The molecule has 0 saturated heterocycles.